The van der Waals surface area contributed by atoms with Crippen molar-refractivity contribution in [2.75, 3.05) is 0 Å². The first-order chi connectivity index (χ1) is 9.70. The van der Waals surface area contributed by atoms with Gasteiger partial charge in [-0.2, -0.15) is 0 Å². The van der Waals surface area contributed by atoms with Crippen LogP contribution in [0.1, 0.15) is 32.6 Å². The molecule has 9 atom stereocenters. The van der Waals surface area contributed by atoms with Crippen molar-refractivity contribution in [1.29, 1.82) is 0 Å². The molecule has 0 N–H and O–H groups in total. The van der Waals surface area contributed by atoms with Gasteiger partial charge in [0, 0.05) is 0 Å². The third kappa shape index (κ3) is 1.42. The van der Waals surface area contributed by atoms with E-state index in [-0.39, 0.29) is 24.1 Å². The van der Waals surface area contributed by atoms with Crippen LogP contribution < -0.4 is 0 Å². The topological polar surface area (TPSA) is 35.5 Å². The molecule has 5 rings (SSSR count). The molecule has 3 nitrogen and oxygen atoms in total. The molecule has 20 heavy (non-hydrogen) atoms. The summed E-state index contributed by atoms with van der Waals surface area (Å²) in [5.74, 6) is 3.21. The highest BCUT2D eigenvalue weighted by molar-refractivity contribution is 5.74. The van der Waals surface area contributed by atoms with Gasteiger partial charge in [0.25, 0.3) is 0 Å². The Hall–Kier alpha value is -0.830. The van der Waals surface area contributed by atoms with Gasteiger partial charge in [0.1, 0.15) is 6.10 Å². The number of carbonyl (C=O) groups excluding carboxylic acids is 1. The number of allylic oxidation sites excluding steroid dienone is 2. The van der Waals surface area contributed by atoms with Crippen LogP contribution >= 0.6 is 0 Å². The molecular weight excluding hydrogens is 252 g/mol. The molecular formula is C17H22O3. The van der Waals surface area contributed by atoms with Gasteiger partial charge in [-0.15, -0.1) is 0 Å². The third-order valence-electron chi connectivity index (χ3n) is 6.72. The third-order valence-corrected chi connectivity index (χ3v) is 6.72. The summed E-state index contributed by atoms with van der Waals surface area (Å²) in [7, 11) is 0. The molecule has 1 saturated heterocycles. The lowest BCUT2D eigenvalue weighted by molar-refractivity contribution is -0.164. The van der Waals surface area contributed by atoms with E-state index in [1.54, 1.807) is 0 Å². The summed E-state index contributed by atoms with van der Waals surface area (Å²) in [6.07, 6.45) is 9.71. The number of hydrogen-bond donors (Lipinski definition) is 0. The second-order valence-electron chi connectivity index (χ2n) is 7.65. The number of fused-ring (bicyclic) bond motifs is 3. The van der Waals surface area contributed by atoms with Crippen LogP contribution in [0.4, 0.5) is 0 Å². The van der Waals surface area contributed by atoms with Crippen molar-refractivity contribution in [3.05, 3.63) is 12.2 Å². The molecule has 1 aliphatic heterocycles. The lowest BCUT2D eigenvalue weighted by Gasteiger charge is -2.28. The van der Waals surface area contributed by atoms with E-state index in [9.17, 15) is 4.79 Å². The van der Waals surface area contributed by atoms with E-state index < -0.39 is 0 Å². The van der Waals surface area contributed by atoms with Crippen LogP contribution in [0.25, 0.3) is 0 Å². The first-order valence-corrected chi connectivity index (χ1v) is 8.25. The summed E-state index contributed by atoms with van der Waals surface area (Å²) in [5, 5.41) is 0. The zero-order valence-corrected chi connectivity index (χ0v) is 11.9. The van der Waals surface area contributed by atoms with Crippen molar-refractivity contribution in [3.8, 4) is 0 Å². The fourth-order valence-electron chi connectivity index (χ4n) is 5.81. The second-order valence-corrected chi connectivity index (χ2v) is 7.65. The Kier molecular flexibility index (Phi) is 2.29. The summed E-state index contributed by atoms with van der Waals surface area (Å²) >= 11 is 0. The average molecular weight is 274 g/mol. The molecule has 0 radical (unpaired) electrons. The number of hydrogen-bond acceptors (Lipinski definition) is 3. The van der Waals surface area contributed by atoms with Gasteiger partial charge < -0.3 is 9.47 Å². The van der Waals surface area contributed by atoms with Gasteiger partial charge in [0.05, 0.1) is 18.1 Å². The van der Waals surface area contributed by atoms with Crippen molar-refractivity contribution >= 4 is 5.97 Å². The fourth-order valence-corrected chi connectivity index (χ4v) is 5.81. The largest absolute Gasteiger partial charge is 0.459 e. The highest BCUT2D eigenvalue weighted by Crippen LogP contribution is 2.57. The quantitative estimate of drug-likeness (QED) is 0.573. The summed E-state index contributed by atoms with van der Waals surface area (Å²) in [6, 6.07) is 0. The first-order valence-electron chi connectivity index (χ1n) is 8.25. The molecule has 4 aliphatic carbocycles. The van der Waals surface area contributed by atoms with E-state index in [0.29, 0.717) is 29.8 Å². The monoisotopic (exact) mass is 274 g/mol. The Morgan fingerprint density at radius 1 is 1.15 bits per heavy atom. The number of esters is 1. The minimum Gasteiger partial charge on any atom is -0.459 e. The average Bonchev–Trinajstić information content (AvgIpc) is 3.19. The predicted octanol–water partition coefficient (Wildman–Crippen LogP) is 2.55. The normalized spacial score (nSPS) is 57.8. The molecule has 9 unspecified atom stereocenters. The van der Waals surface area contributed by atoms with Gasteiger partial charge in [0.2, 0.25) is 0 Å². The maximum atomic E-state index is 12.5. The summed E-state index contributed by atoms with van der Waals surface area (Å²) < 4.78 is 12.0. The summed E-state index contributed by atoms with van der Waals surface area (Å²) in [4.78, 5) is 12.5. The van der Waals surface area contributed by atoms with Crippen molar-refractivity contribution in [2.24, 2.45) is 35.5 Å². The van der Waals surface area contributed by atoms with Gasteiger partial charge in [-0.05, 0) is 62.2 Å². The molecule has 0 aromatic rings. The summed E-state index contributed by atoms with van der Waals surface area (Å²) in [6.45, 7) is 2.19. The first kappa shape index (κ1) is 11.8. The maximum Gasteiger partial charge on any atom is 0.309 e. The Morgan fingerprint density at radius 3 is 2.75 bits per heavy atom. The van der Waals surface area contributed by atoms with E-state index in [2.05, 4.69) is 19.1 Å². The Morgan fingerprint density at radius 2 is 2.00 bits per heavy atom. The lowest BCUT2D eigenvalue weighted by Crippen LogP contribution is -2.38. The Balaban J connectivity index is 1.31. The summed E-state index contributed by atoms with van der Waals surface area (Å²) in [5.41, 5.74) is 0. The predicted molar refractivity (Wildman–Crippen MR) is 72.8 cm³/mol. The van der Waals surface area contributed by atoms with Crippen LogP contribution in [-0.4, -0.2) is 24.3 Å². The molecule has 3 heteroatoms. The van der Waals surface area contributed by atoms with Crippen molar-refractivity contribution < 1.29 is 14.3 Å². The van der Waals surface area contributed by atoms with Crippen molar-refractivity contribution in [1.82, 2.24) is 0 Å². The van der Waals surface area contributed by atoms with E-state index >= 15 is 0 Å². The zero-order valence-electron chi connectivity index (χ0n) is 11.9. The van der Waals surface area contributed by atoms with Crippen LogP contribution in [0.3, 0.4) is 0 Å². The van der Waals surface area contributed by atoms with E-state index in [0.717, 1.165) is 18.8 Å². The highest BCUT2D eigenvalue weighted by atomic mass is 16.6. The van der Waals surface area contributed by atoms with Crippen LogP contribution in [0.5, 0.6) is 0 Å². The molecule has 0 amide bonds. The van der Waals surface area contributed by atoms with E-state index in [1.807, 2.05) is 0 Å². The molecule has 4 fully saturated rings. The molecule has 4 bridgehead atoms. The van der Waals surface area contributed by atoms with Crippen molar-refractivity contribution in [2.45, 2.75) is 50.9 Å². The van der Waals surface area contributed by atoms with Gasteiger partial charge in [-0.25, -0.2) is 0 Å². The van der Waals surface area contributed by atoms with Gasteiger partial charge >= 0.3 is 5.97 Å². The van der Waals surface area contributed by atoms with Gasteiger partial charge in [0.15, 0.2) is 0 Å². The van der Waals surface area contributed by atoms with Gasteiger partial charge in [-0.1, -0.05) is 12.2 Å². The minimum atomic E-state index is 0.0526. The lowest BCUT2D eigenvalue weighted by atomic mass is 9.85. The van der Waals surface area contributed by atoms with Gasteiger partial charge in [-0.3, -0.25) is 4.79 Å². The number of carbonyl (C=O) groups is 1. The number of rotatable bonds is 2. The fraction of sp³-hybridized carbons (Fsp3) is 0.824. The van der Waals surface area contributed by atoms with Crippen LogP contribution in [-0.2, 0) is 14.3 Å². The molecule has 1 heterocycles. The van der Waals surface area contributed by atoms with Crippen molar-refractivity contribution in [3.63, 3.8) is 0 Å². The standard InChI is InChI=1S/C17H22O3/c1-8-12-6-11-7-14(12)16(19-8)15(11)20-17(18)13-5-9-2-3-10(13)4-9/h2-3,8-16H,4-7H2,1H3. The molecule has 0 aromatic heterocycles. The highest BCUT2D eigenvalue weighted by Gasteiger charge is 2.61. The van der Waals surface area contributed by atoms with Crippen LogP contribution in [0, 0.1) is 35.5 Å². The molecule has 3 saturated carbocycles. The number of ether oxygens (including phenoxy) is 2. The van der Waals surface area contributed by atoms with E-state index in [1.165, 1.54) is 12.8 Å². The Bertz CT molecular complexity index is 485. The molecule has 0 aromatic carbocycles. The van der Waals surface area contributed by atoms with E-state index in [4.69, 9.17) is 9.47 Å². The minimum absolute atomic E-state index is 0.0526. The smallest absolute Gasteiger partial charge is 0.309 e. The van der Waals surface area contributed by atoms with Crippen LogP contribution in [0.15, 0.2) is 12.2 Å². The molecule has 0 spiro atoms. The van der Waals surface area contributed by atoms with Crippen LogP contribution in [0.2, 0.25) is 0 Å². The SMILES string of the molecule is CC1OC2C3CC(CC13)C2OC(=O)C1CC2C=CC1C2. The maximum absolute atomic E-state index is 12.5. The Labute approximate surface area is 119 Å². The second kappa shape index (κ2) is 3.88. The molecule has 5 aliphatic rings. The molecule has 108 valence electrons. The zero-order chi connectivity index (χ0) is 13.4.